The Morgan fingerprint density at radius 3 is 2.62 bits per heavy atom. The summed E-state index contributed by atoms with van der Waals surface area (Å²) in [5, 5.41) is 6.84. The van der Waals surface area contributed by atoms with Crippen molar-refractivity contribution in [1.29, 1.82) is 0 Å². The number of hydrogen-bond acceptors (Lipinski definition) is 5. The third kappa shape index (κ3) is 4.74. The molecule has 0 saturated carbocycles. The minimum atomic E-state index is -0.0853. The highest BCUT2D eigenvalue weighted by Crippen LogP contribution is 2.22. The zero-order valence-electron chi connectivity index (χ0n) is 14.5. The maximum atomic E-state index is 12.2. The summed E-state index contributed by atoms with van der Waals surface area (Å²) in [4.78, 5) is 13.4. The molecule has 0 fully saturated rings. The Hall–Kier alpha value is -2.12. The maximum absolute atomic E-state index is 12.2. The van der Waals surface area contributed by atoms with Crippen LogP contribution in [0.15, 0.2) is 44.7 Å². The first kappa shape index (κ1) is 18.7. The summed E-state index contributed by atoms with van der Waals surface area (Å²) in [5.74, 6) is 1.37. The van der Waals surface area contributed by atoms with Crippen LogP contribution in [0.2, 0.25) is 0 Å². The molecule has 0 unspecified atom stereocenters. The fraction of sp³-hybridized carbons (Fsp3) is 0.263. The third-order valence-electron chi connectivity index (χ3n) is 3.97. The maximum Gasteiger partial charge on any atom is 0.251 e. The highest BCUT2D eigenvalue weighted by Gasteiger charge is 2.10. The van der Waals surface area contributed by atoms with Crippen LogP contribution in [-0.4, -0.2) is 17.6 Å². The monoisotopic (exact) mass is 434 g/mol. The lowest BCUT2D eigenvalue weighted by Gasteiger charge is -2.08. The number of carbonyl (C=O) groups is 1. The van der Waals surface area contributed by atoms with Crippen LogP contribution in [0.5, 0.6) is 5.75 Å². The number of thiophene rings is 1. The van der Waals surface area contributed by atoms with Crippen molar-refractivity contribution >= 4 is 33.2 Å². The zero-order valence-corrected chi connectivity index (χ0v) is 16.9. The number of amides is 1. The Kier molecular flexibility index (Phi) is 6.11. The van der Waals surface area contributed by atoms with Crippen LogP contribution >= 0.6 is 27.3 Å². The van der Waals surface area contributed by atoms with E-state index in [1.165, 1.54) is 4.88 Å². The van der Waals surface area contributed by atoms with Gasteiger partial charge < -0.3 is 14.6 Å². The molecular weight excluding hydrogens is 416 g/mol. The number of aryl methyl sites for hydroxylation is 2. The quantitative estimate of drug-likeness (QED) is 0.586. The number of aromatic nitrogens is 1. The number of carbonyl (C=O) groups excluding carboxylic acids is 1. The van der Waals surface area contributed by atoms with Crippen LogP contribution in [0, 0.1) is 13.8 Å². The normalized spacial score (nSPS) is 10.7. The molecule has 5 nitrogen and oxygen atoms in total. The second kappa shape index (κ2) is 8.51. The fourth-order valence-corrected chi connectivity index (χ4v) is 3.94. The molecule has 0 aliphatic rings. The lowest BCUT2D eigenvalue weighted by Crippen LogP contribution is -2.25. The van der Waals surface area contributed by atoms with Crippen molar-refractivity contribution in [3.63, 3.8) is 0 Å². The van der Waals surface area contributed by atoms with Gasteiger partial charge in [0.15, 0.2) is 0 Å². The molecule has 7 heteroatoms. The lowest BCUT2D eigenvalue weighted by molar-refractivity contribution is 0.0954. The Balaban J connectivity index is 1.49. The van der Waals surface area contributed by atoms with Crippen LogP contribution in [0.4, 0.5) is 0 Å². The van der Waals surface area contributed by atoms with Crippen molar-refractivity contribution in [2.75, 3.05) is 6.54 Å². The van der Waals surface area contributed by atoms with Gasteiger partial charge in [-0.2, -0.15) is 0 Å². The van der Waals surface area contributed by atoms with Gasteiger partial charge in [-0.05, 0) is 72.6 Å². The van der Waals surface area contributed by atoms with Crippen molar-refractivity contribution in [3.8, 4) is 5.75 Å². The average molecular weight is 435 g/mol. The van der Waals surface area contributed by atoms with Gasteiger partial charge in [0.2, 0.25) is 0 Å². The molecule has 0 radical (unpaired) electrons. The molecule has 0 saturated heterocycles. The highest BCUT2D eigenvalue weighted by molar-refractivity contribution is 9.11. The molecule has 0 atom stereocenters. The Labute approximate surface area is 164 Å². The first-order valence-corrected chi connectivity index (χ1v) is 9.81. The van der Waals surface area contributed by atoms with Gasteiger partial charge in [-0.3, -0.25) is 4.79 Å². The minimum Gasteiger partial charge on any atom is -0.489 e. The van der Waals surface area contributed by atoms with E-state index >= 15 is 0 Å². The predicted octanol–water partition coefficient (Wildman–Crippen LogP) is 4.67. The molecule has 0 aliphatic heterocycles. The third-order valence-corrected chi connectivity index (χ3v) is 5.65. The number of nitrogens with zero attached hydrogens (tertiary/aromatic N) is 1. The van der Waals surface area contributed by atoms with Crippen LogP contribution in [0.3, 0.4) is 0 Å². The first-order chi connectivity index (χ1) is 12.5. The molecule has 2 aromatic heterocycles. The second-order valence-electron chi connectivity index (χ2n) is 5.83. The number of rotatable bonds is 7. The van der Waals surface area contributed by atoms with E-state index in [9.17, 15) is 4.79 Å². The summed E-state index contributed by atoms with van der Waals surface area (Å²) in [6, 6.07) is 11.2. The summed E-state index contributed by atoms with van der Waals surface area (Å²) < 4.78 is 12.0. The van der Waals surface area contributed by atoms with Gasteiger partial charge in [0.1, 0.15) is 18.1 Å². The molecule has 3 aromatic rings. The summed E-state index contributed by atoms with van der Waals surface area (Å²) in [5.41, 5.74) is 2.39. The largest absolute Gasteiger partial charge is 0.489 e. The van der Waals surface area contributed by atoms with E-state index < -0.39 is 0 Å². The Morgan fingerprint density at radius 2 is 2.00 bits per heavy atom. The van der Waals surface area contributed by atoms with E-state index in [-0.39, 0.29) is 5.91 Å². The molecule has 2 heterocycles. The first-order valence-electron chi connectivity index (χ1n) is 8.20. The number of benzene rings is 1. The molecule has 136 valence electrons. The van der Waals surface area contributed by atoms with E-state index in [2.05, 4.69) is 32.5 Å². The van der Waals surface area contributed by atoms with Crippen LogP contribution in [0.25, 0.3) is 0 Å². The van der Waals surface area contributed by atoms with Gasteiger partial charge in [-0.1, -0.05) is 5.16 Å². The Morgan fingerprint density at radius 1 is 1.23 bits per heavy atom. The van der Waals surface area contributed by atoms with Gasteiger partial charge in [0.05, 0.1) is 15.0 Å². The van der Waals surface area contributed by atoms with Crippen molar-refractivity contribution < 1.29 is 14.1 Å². The van der Waals surface area contributed by atoms with Gasteiger partial charge >= 0.3 is 0 Å². The minimum absolute atomic E-state index is 0.0853. The molecule has 1 N–H and O–H groups in total. The van der Waals surface area contributed by atoms with Crippen molar-refractivity contribution in [3.05, 3.63) is 67.6 Å². The molecule has 26 heavy (non-hydrogen) atoms. The van der Waals surface area contributed by atoms with Crippen LogP contribution in [-0.2, 0) is 13.0 Å². The van der Waals surface area contributed by atoms with Crippen molar-refractivity contribution in [2.24, 2.45) is 0 Å². The molecule has 1 amide bonds. The van der Waals surface area contributed by atoms with E-state index in [0.717, 1.165) is 27.2 Å². The van der Waals surface area contributed by atoms with Crippen LogP contribution < -0.4 is 10.1 Å². The topological polar surface area (TPSA) is 64.4 Å². The fourth-order valence-electron chi connectivity index (χ4n) is 2.45. The van der Waals surface area contributed by atoms with E-state index in [1.807, 2.05) is 19.9 Å². The van der Waals surface area contributed by atoms with Crippen molar-refractivity contribution in [2.45, 2.75) is 26.9 Å². The molecular formula is C19H19BrN2O3S. The van der Waals surface area contributed by atoms with Gasteiger partial charge in [-0.25, -0.2) is 0 Å². The zero-order chi connectivity index (χ0) is 18.5. The standard InChI is InChI=1S/C19H19BrN2O3S/c1-12-17(13(2)25-22-12)11-24-15-5-3-14(4-6-15)19(23)21-10-9-16-7-8-18(20)26-16/h3-8H,9-11H2,1-2H3,(H,21,23). The smallest absolute Gasteiger partial charge is 0.251 e. The highest BCUT2D eigenvalue weighted by atomic mass is 79.9. The summed E-state index contributed by atoms with van der Waals surface area (Å²) in [6.07, 6.45) is 0.820. The van der Waals surface area contributed by atoms with Gasteiger partial charge in [-0.15, -0.1) is 11.3 Å². The van der Waals surface area contributed by atoms with E-state index in [1.54, 1.807) is 35.6 Å². The molecule has 0 spiro atoms. The predicted molar refractivity (Wildman–Crippen MR) is 105 cm³/mol. The summed E-state index contributed by atoms with van der Waals surface area (Å²) in [7, 11) is 0. The summed E-state index contributed by atoms with van der Waals surface area (Å²) >= 11 is 5.12. The van der Waals surface area contributed by atoms with Crippen molar-refractivity contribution in [1.82, 2.24) is 10.5 Å². The molecule has 3 rings (SSSR count). The SMILES string of the molecule is Cc1noc(C)c1COc1ccc(C(=O)NCCc2ccc(Br)s2)cc1. The molecule has 0 bridgehead atoms. The lowest BCUT2D eigenvalue weighted by atomic mass is 10.2. The molecule has 1 aromatic carbocycles. The van der Waals surface area contributed by atoms with Crippen LogP contribution in [0.1, 0.15) is 32.3 Å². The second-order valence-corrected chi connectivity index (χ2v) is 8.38. The number of halogens is 1. The van der Waals surface area contributed by atoms with Gasteiger partial charge in [0, 0.05) is 17.0 Å². The molecule has 0 aliphatic carbocycles. The van der Waals surface area contributed by atoms with E-state index in [4.69, 9.17) is 9.26 Å². The average Bonchev–Trinajstić information content (AvgIpc) is 3.19. The van der Waals surface area contributed by atoms with E-state index in [0.29, 0.717) is 24.5 Å². The number of ether oxygens (including phenoxy) is 1. The summed E-state index contributed by atoms with van der Waals surface area (Å²) in [6.45, 7) is 4.75. The number of nitrogens with one attached hydrogen (secondary N) is 1. The van der Waals surface area contributed by atoms with Gasteiger partial charge in [0.25, 0.3) is 5.91 Å². The Bertz CT molecular complexity index is 867. The number of hydrogen-bond donors (Lipinski definition) is 1.